The fourth-order valence-corrected chi connectivity index (χ4v) is 2.57. The van der Waals surface area contributed by atoms with Gasteiger partial charge in [-0.05, 0) is 17.7 Å². The second-order valence-electron chi connectivity index (χ2n) is 5.45. The summed E-state index contributed by atoms with van der Waals surface area (Å²) in [5, 5.41) is 18.8. The summed E-state index contributed by atoms with van der Waals surface area (Å²) in [6.45, 7) is 1.51. The van der Waals surface area contributed by atoms with Crippen LogP contribution in [0.5, 0.6) is 11.5 Å². The highest BCUT2D eigenvalue weighted by Gasteiger charge is 2.35. The number of halogens is 3. The lowest BCUT2D eigenvalue weighted by Crippen LogP contribution is -2.31. The first-order valence-corrected chi connectivity index (χ1v) is 6.98. The SMILES string of the molecule is Oc1ccc(CN2CCc3nc(C(F)(F)F)ncc3C2)cc1O. The summed E-state index contributed by atoms with van der Waals surface area (Å²) < 4.78 is 37.8. The van der Waals surface area contributed by atoms with Crippen molar-refractivity contribution in [3.05, 3.63) is 47.0 Å². The summed E-state index contributed by atoms with van der Waals surface area (Å²) >= 11 is 0. The average Bonchev–Trinajstić information content (AvgIpc) is 2.49. The van der Waals surface area contributed by atoms with Crippen LogP contribution in [0.2, 0.25) is 0 Å². The maximum Gasteiger partial charge on any atom is 0.451 e. The number of aromatic nitrogens is 2. The van der Waals surface area contributed by atoms with E-state index in [1.807, 2.05) is 4.90 Å². The Bertz CT molecular complexity index is 734. The number of nitrogens with zero attached hydrogens (tertiary/aromatic N) is 3. The molecule has 5 nitrogen and oxygen atoms in total. The highest BCUT2D eigenvalue weighted by molar-refractivity contribution is 5.40. The zero-order valence-electron chi connectivity index (χ0n) is 12.0. The number of alkyl halides is 3. The van der Waals surface area contributed by atoms with E-state index in [0.29, 0.717) is 37.3 Å². The Morgan fingerprint density at radius 1 is 1.17 bits per heavy atom. The normalized spacial score (nSPS) is 15.4. The second-order valence-corrected chi connectivity index (χ2v) is 5.45. The lowest BCUT2D eigenvalue weighted by Gasteiger charge is -2.28. The molecule has 0 aliphatic carbocycles. The molecule has 2 aromatic rings. The van der Waals surface area contributed by atoms with Crippen LogP contribution in [0.4, 0.5) is 13.2 Å². The van der Waals surface area contributed by atoms with E-state index in [-0.39, 0.29) is 11.5 Å². The van der Waals surface area contributed by atoms with E-state index in [0.717, 1.165) is 5.56 Å². The highest BCUT2D eigenvalue weighted by atomic mass is 19.4. The quantitative estimate of drug-likeness (QED) is 0.830. The maximum absolute atomic E-state index is 12.6. The molecule has 0 fully saturated rings. The van der Waals surface area contributed by atoms with Gasteiger partial charge in [0.15, 0.2) is 11.5 Å². The molecule has 8 heteroatoms. The molecule has 0 saturated carbocycles. The highest BCUT2D eigenvalue weighted by Crippen LogP contribution is 2.29. The van der Waals surface area contributed by atoms with E-state index < -0.39 is 12.0 Å². The molecule has 0 unspecified atom stereocenters. The summed E-state index contributed by atoms with van der Waals surface area (Å²) in [6, 6.07) is 4.56. The van der Waals surface area contributed by atoms with E-state index in [1.165, 1.54) is 18.3 Å². The lowest BCUT2D eigenvalue weighted by molar-refractivity contribution is -0.145. The van der Waals surface area contributed by atoms with Gasteiger partial charge in [0, 0.05) is 37.8 Å². The van der Waals surface area contributed by atoms with Crippen molar-refractivity contribution in [2.45, 2.75) is 25.7 Å². The van der Waals surface area contributed by atoms with Crippen molar-refractivity contribution in [1.29, 1.82) is 0 Å². The van der Waals surface area contributed by atoms with Gasteiger partial charge in [0.05, 0.1) is 5.69 Å². The summed E-state index contributed by atoms with van der Waals surface area (Å²) in [6.07, 6.45) is -2.90. The molecule has 122 valence electrons. The molecule has 0 amide bonds. The smallest absolute Gasteiger partial charge is 0.451 e. The third-order valence-corrected chi connectivity index (χ3v) is 3.71. The van der Waals surface area contributed by atoms with Gasteiger partial charge in [-0.2, -0.15) is 13.2 Å². The number of phenols is 2. The van der Waals surface area contributed by atoms with E-state index in [2.05, 4.69) is 9.97 Å². The number of phenolic OH excluding ortho intramolecular Hbond substituents is 2. The Labute approximate surface area is 130 Å². The van der Waals surface area contributed by atoms with Crippen LogP contribution >= 0.6 is 0 Å². The third-order valence-electron chi connectivity index (χ3n) is 3.71. The molecule has 0 radical (unpaired) electrons. The number of benzene rings is 1. The fourth-order valence-electron chi connectivity index (χ4n) is 2.57. The molecule has 1 aromatic carbocycles. The fraction of sp³-hybridized carbons (Fsp3) is 0.333. The van der Waals surface area contributed by atoms with Crippen molar-refractivity contribution in [3.8, 4) is 11.5 Å². The molecule has 2 heterocycles. The lowest BCUT2D eigenvalue weighted by atomic mass is 10.1. The van der Waals surface area contributed by atoms with Crippen molar-refractivity contribution in [1.82, 2.24) is 14.9 Å². The molecule has 0 spiro atoms. The minimum absolute atomic E-state index is 0.189. The van der Waals surface area contributed by atoms with Gasteiger partial charge in [-0.15, -0.1) is 0 Å². The molecule has 1 aromatic heterocycles. The van der Waals surface area contributed by atoms with E-state index in [1.54, 1.807) is 6.07 Å². The van der Waals surface area contributed by atoms with Gasteiger partial charge >= 0.3 is 6.18 Å². The van der Waals surface area contributed by atoms with Gasteiger partial charge in [-0.3, -0.25) is 4.90 Å². The minimum atomic E-state index is -4.53. The minimum Gasteiger partial charge on any atom is -0.504 e. The first-order chi connectivity index (χ1) is 10.8. The first kappa shape index (κ1) is 15.5. The Hall–Kier alpha value is -2.35. The largest absolute Gasteiger partial charge is 0.504 e. The number of aromatic hydroxyl groups is 2. The predicted molar refractivity (Wildman–Crippen MR) is 74.6 cm³/mol. The molecule has 0 saturated heterocycles. The van der Waals surface area contributed by atoms with E-state index in [4.69, 9.17) is 0 Å². The molecule has 23 heavy (non-hydrogen) atoms. The van der Waals surface area contributed by atoms with Crippen LogP contribution in [0, 0.1) is 0 Å². The summed E-state index contributed by atoms with van der Waals surface area (Å²) in [5.41, 5.74) is 1.90. The summed E-state index contributed by atoms with van der Waals surface area (Å²) in [7, 11) is 0. The maximum atomic E-state index is 12.6. The monoisotopic (exact) mass is 325 g/mol. The van der Waals surface area contributed by atoms with Crippen LogP contribution in [0.1, 0.15) is 22.6 Å². The molecule has 2 N–H and O–H groups in total. The van der Waals surface area contributed by atoms with Gasteiger partial charge in [-0.25, -0.2) is 9.97 Å². The molecular weight excluding hydrogens is 311 g/mol. The van der Waals surface area contributed by atoms with Crippen molar-refractivity contribution < 1.29 is 23.4 Å². The molecule has 3 rings (SSSR count). The van der Waals surface area contributed by atoms with Crippen LogP contribution in [-0.2, 0) is 25.7 Å². The van der Waals surface area contributed by atoms with E-state index in [9.17, 15) is 23.4 Å². The van der Waals surface area contributed by atoms with Crippen LogP contribution in [0.15, 0.2) is 24.4 Å². The Balaban J connectivity index is 1.74. The summed E-state index contributed by atoms with van der Waals surface area (Å²) in [5.74, 6) is -1.49. The van der Waals surface area contributed by atoms with Crippen LogP contribution in [0.25, 0.3) is 0 Å². The topological polar surface area (TPSA) is 69.5 Å². The van der Waals surface area contributed by atoms with Crippen molar-refractivity contribution in [3.63, 3.8) is 0 Å². The number of fused-ring (bicyclic) bond motifs is 1. The molecule has 1 aliphatic rings. The second kappa shape index (κ2) is 5.69. The zero-order valence-corrected chi connectivity index (χ0v) is 12.0. The van der Waals surface area contributed by atoms with E-state index >= 15 is 0 Å². The van der Waals surface area contributed by atoms with Gasteiger partial charge in [0.25, 0.3) is 0 Å². The van der Waals surface area contributed by atoms with Crippen molar-refractivity contribution in [2.24, 2.45) is 0 Å². The molecular formula is C15H14F3N3O2. The predicted octanol–water partition coefficient (Wildman–Crippen LogP) is 2.46. The van der Waals surface area contributed by atoms with Crippen LogP contribution in [-0.4, -0.2) is 31.6 Å². The third kappa shape index (κ3) is 3.37. The number of hydrogen-bond donors (Lipinski definition) is 2. The van der Waals surface area contributed by atoms with Crippen molar-refractivity contribution in [2.75, 3.05) is 6.54 Å². The van der Waals surface area contributed by atoms with Gasteiger partial charge in [0.1, 0.15) is 0 Å². The first-order valence-electron chi connectivity index (χ1n) is 6.98. The summed E-state index contributed by atoms with van der Waals surface area (Å²) in [4.78, 5) is 9.03. The molecule has 0 bridgehead atoms. The van der Waals surface area contributed by atoms with Crippen LogP contribution < -0.4 is 0 Å². The number of hydrogen-bond acceptors (Lipinski definition) is 5. The van der Waals surface area contributed by atoms with Crippen molar-refractivity contribution >= 4 is 0 Å². The van der Waals surface area contributed by atoms with Gasteiger partial charge in [0.2, 0.25) is 5.82 Å². The zero-order chi connectivity index (χ0) is 16.6. The Morgan fingerprint density at radius 2 is 1.96 bits per heavy atom. The Morgan fingerprint density at radius 3 is 2.65 bits per heavy atom. The van der Waals surface area contributed by atoms with Gasteiger partial charge in [-0.1, -0.05) is 6.07 Å². The van der Waals surface area contributed by atoms with Crippen LogP contribution in [0.3, 0.4) is 0 Å². The molecule has 0 atom stereocenters. The average molecular weight is 325 g/mol. The standard InChI is InChI=1S/C15H14F3N3O2/c16-15(17,18)14-19-6-10-8-21(4-3-11(10)20-14)7-9-1-2-12(22)13(23)5-9/h1-2,5-6,22-23H,3-4,7-8H2. The number of rotatable bonds is 2. The molecule has 1 aliphatic heterocycles. The van der Waals surface area contributed by atoms with Gasteiger partial charge < -0.3 is 10.2 Å². The Kier molecular flexibility index (Phi) is 3.85.